The fourth-order valence-corrected chi connectivity index (χ4v) is 4.32. The van der Waals surface area contributed by atoms with Crippen LogP contribution < -0.4 is 4.74 Å². The summed E-state index contributed by atoms with van der Waals surface area (Å²) >= 11 is 0. The molecular formula is C26H27N3O2. The molecule has 1 unspecified atom stereocenters. The van der Waals surface area contributed by atoms with Crippen molar-refractivity contribution in [2.75, 3.05) is 19.7 Å². The molecule has 0 amide bonds. The van der Waals surface area contributed by atoms with Gasteiger partial charge < -0.3 is 14.4 Å². The molecule has 4 aromatic rings. The highest BCUT2D eigenvalue weighted by molar-refractivity contribution is 5.83. The molecule has 0 spiro atoms. The second-order valence-corrected chi connectivity index (χ2v) is 8.30. The van der Waals surface area contributed by atoms with Crippen molar-refractivity contribution in [3.05, 3.63) is 84.2 Å². The van der Waals surface area contributed by atoms with Gasteiger partial charge in [-0.2, -0.15) is 0 Å². The molecule has 1 aliphatic heterocycles. The van der Waals surface area contributed by atoms with E-state index in [2.05, 4.69) is 50.8 Å². The van der Waals surface area contributed by atoms with Crippen LogP contribution in [0.1, 0.15) is 11.1 Å². The summed E-state index contributed by atoms with van der Waals surface area (Å²) in [5.41, 5.74) is 5.84. The smallest absolute Gasteiger partial charge is 0.120 e. The molecule has 0 bridgehead atoms. The number of aliphatic hydroxyl groups is 1. The van der Waals surface area contributed by atoms with E-state index in [9.17, 15) is 5.11 Å². The Morgan fingerprint density at radius 2 is 1.94 bits per heavy atom. The molecule has 5 rings (SSSR count). The van der Waals surface area contributed by atoms with Crippen LogP contribution in [0.3, 0.4) is 0 Å². The Bertz CT molecular complexity index is 1200. The van der Waals surface area contributed by atoms with Crippen molar-refractivity contribution in [3.8, 4) is 17.0 Å². The Kier molecular flexibility index (Phi) is 5.45. The number of nitrogens with zero attached hydrogens (tertiary/aromatic N) is 3. The average Bonchev–Trinajstić information content (AvgIpc) is 3.18. The number of aromatic nitrogens is 2. The maximum atomic E-state index is 10.5. The van der Waals surface area contributed by atoms with Gasteiger partial charge in [0.1, 0.15) is 18.5 Å². The predicted molar refractivity (Wildman–Crippen MR) is 123 cm³/mol. The first-order valence-electron chi connectivity index (χ1n) is 10.8. The van der Waals surface area contributed by atoms with E-state index in [4.69, 9.17) is 4.74 Å². The number of ether oxygens (including phenoxy) is 1. The molecule has 3 heterocycles. The number of benzene rings is 2. The number of aliphatic hydroxyl groups excluding tert-OH is 1. The van der Waals surface area contributed by atoms with Gasteiger partial charge in [0.15, 0.2) is 0 Å². The second kappa shape index (κ2) is 8.53. The van der Waals surface area contributed by atoms with Gasteiger partial charge in [-0.05, 0) is 41.8 Å². The lowest BCUT2D eigenvalue weighted by molar-refractivity contribution is 0.0638. The van der Waals surface area contributed by atoms with Crippen LogP contribution in [0.5, 0.6) is 5.75 Å². The van der Waals surface area contributed by atoms with Crippen molar-refractivity contribution in [2.45, 2.75) is 19.1 Å². The van der Waals surface area contributed by atoms with E-state index in [0.29, 0.717) is 6.54 Å². The first kappa shape index (κ1) is 19.8. The van der Waals surface area contributed by atoms with E-state index in [1.165, 1.54) is 11.1 Å². The van der Waals surface area contributed by atoms with Gasteiger partial charge in [0.05, 0.1) is 11.2 Å². The van der Waals surface area contributed by atoms with Crippen molar-refractivity contribution in [3.63, 3.8) is 0 Å². The lowest BCUT2D eigenvalue weighted by Gasteiger charge is -2.30. The maximum absolute atomic E-state index is 10.5. The molecule has 0 radical (unpaired) electrons. The van der Waals surface area contributed by atoms with Crippen LogP contribution >= 0.6 is 0 Å². The fraction of sp³-hybridized carbons (Fsp3) is 0.269. The van der Waals surface area contributed by atoms with Crippen LogP contribution in [0.25, 0.3) is 22.2 Å². The van der Waals surface area contributed by atoms with Crippen LogP contribution in [0.15, 0.2) is 73.1 Å². The van der Waals surface area contributed by atoms with Gasteiger partial charge in [0.2, 0.25) is 0 Å². The fourth-order valence-electron chi connectivity index (χ4n) is 4.32. The number of aryl methyl sites for hydroxylation is 1. The summed E-state index contributed by atoms with van der Waals surface area (Å²) in [5.74, 6) is 0.745. The SMILES string of the molecule is Cn1ccc2cnc(-c3cccc(OCC(O)CN4CCc5ccccc5C4)c3)cc21. The summed E-state index contributed by atoms with van der Waals surface area (Å²) in [6.07, 6.45) is 4.44. The van der Waals surface area contributed by atoms with Gasteiger partial charge in [-0.15, -0.1) is 0 Å². The predicted octanol–water partition coefficient (Wildman–Crippen LogP) is 4.04. The van der Waals surface area contributed by atoms with E-state index in [-0.39, 0.29) is 6.61 Å². The second-order valence-electron chi connectivity index (χ2n) is 8.30. The normalized spacial score (nSPS) is 15.0. The van der Waals surface area contributed by atoms with Gasteiger partial charge in [0.25, 0.3) is 0 Å². The molecule has 0 saturated heterocycles. The molecule has 1 N–H and O–H groups in total. The van der Waals surface area contributed by atoms with E-state index in [0.717, 1.165) is 47.4 Å². The van der Waals surface area contributed by atoms with Gasteiger partial charge in [0, 0.05) is 50.0 Å². The molecular weight excluding hydrogens is 386 g/mol. The lowest BCUT2D eigenvalue weighted by atomic mass is 10.00. The number of fused-ring (bicyclic) bond motifs is 2. The Hall–Kier alpha value is -3.15. The Labute approximate surface area is 182 Å². The van der Waals surface area contributed by atoms with Crippen LogP contribution in [0.2, 0.25) is 0 Å². The highest BCUT2D eigenvalue weighted by Crippen LogP contribution is 2.26. The van der Waals surface area contributed by atoms with Crippen molar-refractivity contribution < 1.29 is 9.84 Å². The Morgan fingerprint density at radius 3 is 2.84 bits per heavy atom. The molecule has 158 valence electrons. The molecule has 2 aromatic heterocycles. The zero-order valence-electron chi connectivity index (χ0n) is 17.7. The minimum Gasteiger partial charge on any atom is -0.491 e. The summed E-state index contributed by atoms with van der Waals surface area (Å²) < 4.78 is 8.02. The van der Waals surface area contributed by atoms with Crippen LogP contribution in [0.4, 0.5) is 0 Å². The number of β-amino-alcohol motifs (C(OH)–C–C–N with tert-alkyl or cyclic N) is 1. The molecule has 2 aromatic carbocycles. The van der Waals surface area contributed by atoms with Gasteiger partial charge in [-0.3, -0.25) is 9.88 Å². The molecule has 1 atom stereocenters. The minimum atomic E-state index is -0.535. The van der Waals surface area contributed by atoms with Crippen LogP contribution in [-0.4, -0.2) is 45.4 Å². The third-order valence-corrected chi connectivity index (χ3v) is 6.02. The Morgan fingerprint density at radius 1 is 1.06 bits per heavy atom. The highest BCUT2D eigenvalue weighted by Gasteiger charge is 2.18. The van der Waals surface area contributed by atoms with E-state index in [1.54, 1.807) is 0 Å². The van der Waals surface area contributed by atoms with Crippen molar-refractivity contribution in [1.29, 1.82) is 0 Å². The van der Waals surface area contributed by atoms with Crippen molar-refractivity contribution in [2.24, 2.45) is 7.05 Å². The van der Waals surface area contributed by atoms with Gasteiger partial charge in [-0.1, -0.05) is 36.4 Å². The maximum Gasteiger partial charge on any atom is 0.120 e. The summed E-state index contributed by atoms with van der Waals surface area (Å²) in [6, 6.07) is 20.6. The summed E-state index contributed by atoms with van der Waals surface area (Å²) in [4.78, 5) is 6.90. The molecule has 5 heteroatoms. The summed E-state index contributed by atoms with van der Waals surface area (Å²) in [6.45, 7) is 2.73. The molecule has 0 aliphatic carbocycles. The van der Waals surface area contributed by atoms with E-state index in [1.807, 2.05) is 43.7 Å². The molecule has 5 nitrogen and oxygen atoms in total. The monoisotopic (exact) mass is 413 g/mol. The quantitative estimate of drug-likeness (QED) is 0.518. The van der Waals surface area contributed by atoms with Gasteiger partial charge in [-0.25, -0.2) is 0 Å². The minimum absolute atomic E-state index is 0.270. The molecule has 0 fully saturated rings. The topological polar surface area (TPSA) is 50.5 Å². The van der Waals surface area contributed by atoms with Crippen molar-refractivity contribution >= 4 is 10.9 Å². The third kappa shape index (κ3) is 4.33. The Balaban J connectivity index is 1.21. The number of hydrogen-bond donors (Lipinski definition) is 1. The first-order chi connectivity index (χ1) is 15.2. The molecule has 0 saturated carbocycles. The van der Waals surface area contributed by atoms with Gasteiger partial charge >= 0.3 is 0 Å². The molecule has 31 heavy (non-hydrogen) atoms. The van der Waals surface area contributed by atoms with Crippen LogP contribution in [0, 0.1) is 0 Å². The van der Waals surface area contributed by atoms with Crippen LogP contribution in [-0.2, 0) is 20.0 Å². The van der Waals surface area contributed by atoms with Crippen molar-refractivity contribution in [1.82, 2.24) is 14.5 Å². The number of hydrogen-bond acceptors (Lipinski definition) is 4. The largest absolute Gasteiger partial charge is 0.491 e. The van der Waals surface area contributed by atoms with E-state index >= 15 is 0 Å². The zero-order chi connectivity index (χ0) is 21.2. The highest BCUT2D eigenvalue weighted by atomic mass is 16.5. The lowest BCUT2D eigenvalue weighted by Crippen LogP contribution is -2.38. The average molecular weight is 414 g/mol. The summed E-state index contributed by atoms with van der Waals surface area (Å²) in [5, 5.41) is 11.7. The number of pyridine rings is 1. The number of rotatable bonds is 6. The molecule has 1 aliphatic rings. The first-order valence-corrected chi connectivity index (χ1v) is 10.8. The van der Waals surface area contributed by atoms with E-state index < -0.39 is 6.10 Å². The standard InChI is InChI=1S/C26H27N3O2/c1-28-11-9-21-15-27-25(14-26(21)28)20-7-4-8-24(13-20)31-18-23(30)17-29-12-10-19-5-2-3-6-22(19)16-29/h2-9,11,13-15,23,30H,10,12,16-18H2,1H3. The summed E-state index contributed by atoms with van der Waals surface area (Å²) in [7, 11) is 2.04. The zero-order valence-corrected chi connectivity index (χ0v) is 17.7. The third-order valence-electron chi connectivity index (χ3n) is 6.02.